The second-order valence-corrected chi connectivity index (χ2v) is 6.19. The number of ether oxygens (including phenoxy) is 1. The fraction of sp³-hybridized carbons (Fsp3) is 0.867. The van der Waals surface area contributed by atoms with E-state index in [1.54, 1.807) is 0 Å². The van der Waals surface area contributed by atoms with E-state index in [-0.39, 0.29) is 6.10 Å². The number of nitrogens with zero attached hydrogens (tertiary/aromatic N) is 2. The maximum Gasteiger partial charge on any atom is 0.229 e. The van der Waals surface area contributed by atoms with E-state index in [2.05, 4.69) is 10.1 Å². The summed E-state index contributed by atoms with van der Waals surface area (Å²) in [7, 11) is 0. The molecule has 3 rings (SSSR count). The molecule has 1 aromatic heterocycles. The van der Waals surface area contributed by atoms with Gasteiger partial charge in [-0.25, -0.2) is 0 Å². The summed E-state index contributed by atoms with van der Waals surface area (Å²) in [4.78, 5) is 4.59. The molecule has 1 aliphatic heterocycles. The zero-order valence-corrected chi connectivity index (χ0v) is 12.1. The first-order valence-corrected chi connectivity index (χ1v) is 7.99. The second-order valence-electron chi connectivity index (χ2n) is 6.19. The lowest BCUT2D eigenvalue weighted by Crippen LogP contribution is -2.22. The van der Waals surface area contributed by atoms with E-state index < -0.39 is 0 Å². The molecule has 2 fully saturated rings. The highest BCUT2D eigenvalue weighted by molar-refractivity contribution is 4.97. The fourth-order valence-electron chi connectivity index (χ4n) is 3.33. The van der Waals surface area contributed by atoms with Crippen LogP contribution in [0.2, 0.25) is 0 Å². The van der Waals surface area contributed by atoms with Gasteiger partial charge in [-0.2, -0.15) is 4.98 Å². The van der Waals surface area contributed by atoms with Gasteiger partial charge in [0, 0.05) is 18.9 Å². The van der Waals surface area contributed by atoms with Gasteiger partial charge in [-0.1, -0.05) is 5.16 Å². The third-order valence-electron chi connectivity index (χ3n) is 4.70. The van der Waals surface area contributed by atoms with Crippen molar-refractivity contribution in [1.29, 1.82) is 0 Å². The van der Waals surface area contributed by atoms with Gasteiger partial charge in [0.2, 0.25) is 5.89 Å². The Hall–Kier alpha value is -0.940. The molecule has 2 aliphatic rings. The molecule has 1 saturated heterocycles. The van der Waals surface area contributed by atoms with Crippen molar-refractivity contribution >= 4 is 0 Å². The average Bonchev–Trinajstić information content (AvgIpc) is 2.97. The minimum absolute atomic E-state index is 0.280. The van der Waals surface area contributed by atoms with Crippen LogP contribution in [0.3, 0.4) is 0 Å². The van der Waals surface area contributed by atoms with E-state index in [0.717, 1.165) is 50.6 Å². The summed E-state index contributed by atoms with van der Waals surface area (Å²) in [6.45, 7) is 1.68. The van der Waals surface area contributed by atoms with Crippen molar-refractivity contribution in [2.45, 2.75) is 63.4 Å². The summed E-state index contributed by atoms with van der Waals surface area (Å²) in [6.07, 6.45) is 9.24. The van der Waals surface area contributed by atoms with Crippen molar-refractivity contribution in [2.24, 2.45) is 11.7 Å². The van der Waals surface area contributed by atoms with Crippen molar-refractivity contribution in [3.63, 3.8) is 0 Å². The molecule has 1 unspecified atom stereocenters. The SMILES string of the molecule is NCC1CCC(c2nc(CC3CCCCO3)no2)CC1. The molecular formula is C15H25N3O2. The molecule has 2 heterocycles. The molecular weight excluding hydrogens is 254 g/mol. The highest BCUT2D eigenvalue weighted by Crippen LogP contribution is 2.34. The summed E-state index contributed by atoms with van der Waals surface area (Å²) >= 11 is 0. The van der Waals surface area contributed by atoms with E-state index in [9.17, 15) is 0 Å². The lowest BCUT2D eigenvalue weighted by Gasteiger charge is -2.25. The second kappa shape index (κ2) is 6.68. The number of hydrogen-bond acceptors (Lipinski definition) is 5. The van der Waals surface area contributed by atoms with Crippen LogP contribution < -0.4 is 5.73 Å². The Morgan fingerprint density at radius 2 is 1.95 bits per heavy atom. The van der Waals surface area contributed by atoms with Crippen LogP contribution in [0.5, 0.6) is 0 Å². The molecule has 2 N–H and O–H groups in total. The average molecular weight is 279 g/mol. The fourth-order valence-corrected chi connectivity index (χ4v) is 3.33. The first kappa shape index (κ1) is 14.0. The number of aromatic nitrogens is 2. The van der Waals surface area contributed by atoms with Gasteiger partial charge in [-0.15, -0.1) is 0 Å². The predicted molar refractivity (Wildman–Crippen MR) is 75.3 cm³/mol. The molecule has 20 heavy (non-hydrogen) atoms. The van der Waals surface area contributed by atoms with Crippen molar-refractivity contribution in [3.05, 3.63) is 11.7 Å². The zero-order valence-electron chi connectivity index (χ0n) is 12.1. The third kappa shape index (κ3) is 3.38. The van der Waals surface area contributed by atoms with Crippen LogP contribution in [0.25, 0.3) is 0 Å². The Balaban J connectivity index is 1.54. The Morgan fingerprint density at radius 3 is 2.65 bits per heavy atom. The summed E-state index contributed by atoms with van der Waals surface area (Å²) in [6, 6.07) is 0. The van der Waals surface area contributed by atoms with Gasteiger partial charge in [-0.05, 0) is 57.4 Å². The van der Waals surface area contributed by atoms with Crippen LogP contribution in [-0.4, -0.2) is 29.4 Å². The van der Waals surface area contributed by atoms with Gasteiger partial charge < -0.3 is 15.0 Å². The monoisotopic (exact) mass is 279 g/mol. The van der Waals surface area contributed by atoms with Crippen LogP contribution in [0.15, 0.2) is 4.52 Å². The third-order valence-corrected chi connectivity index (χ3v) is 4.70. The van der Waals surface area contributed by atoms with Crippen LogP contribution in [0.1, 0.15) is 62.6 Å². The zero-order chi connectivity index (χ0) is 13.8. The van der Waals surface area contributed by atoms with Crippen LogP contribution in [0, 0.1) is 5.92 Å². The quantitative estimate of drug-likeness (QED) is 0.916. The van der Waals surface area contributed by atoms with E-state index in [4.69, 9.17) is 15.0 Å². The Morgan fingerprint density at radius 1 is 1.10 bits per heavy atom. The van der Waals surface area contributed by atoms with Gasteiger partial charge in [0.05, 0.1) is 6.10 Å². The van der Waals surface area contributed by atoms with Crippen LogP contribution in [0.4, 0.5) is 0 Å². The first-order valence-electron chi connectivity index (χ1n) is 7.99. The molecule has 1 aromatic rings. The smallest absolute Gasteiger partial charge is 0.229 e. The van der Waals surface area contributed by atoms with Crippen molar-refractivity contribution in [1.82, 2.24) is 10.1 Å². The highest BCUT2D eigenvalue weighted by atomic mass is 16.5. The Kier molecular flexibility index (Phi) is 4.68. The van der Waals surface area contributed by atoms with E-state index in [1.807, 2.05) is 0 Å². The first-order chi connectivity index (χ1) is 9.85. The largest absolute Gasteiger partial charge is 0.378 e. The molecule has 1 aliphatic carbocycles. The highest BCUT2D eigenvalue weighted by Gasteiger charge is 2.26. The molecule has 1 saturated carbocycles. The number of nitrogens with two attached hydrogens (primary N) is 1. The maximum absolute atomic E-state index is 5.73. The minimum atomic E-state index is 0.280. The van der Waals surface area contributed by atoms with E-state index in [0.29, 0.717) is 11.8 Å². The van der Waals surface area contributed by atoms with Crippen molar-refractivity contribution in [2.75, 3.05) is 13.2 Å². The molecule has 0 spiro atoms. The molecule has 0 aromatic carbocycles. The summed E-state index contributed by atoms with van der Waals surface area (Å²) in [5.74, 6) is 2.76. The molecule has 112 valence electrons. The normalized spacial score (nSPS) is 31.4. The van der Waals surface area contributed by atoms with Crippen molar-refractivity contribution in [3.8, 4) is 0 Å². The molecule has 1 atom stereocenters. The number of rotatable bonds is 4. The van der Waals surface area contributed by atoms with Gasteiger partial charge >= 0.3 is 0 Å². The van der Waals surface area contributed by atoms with Gasteiger partial charge in [-0.3, -0.25) is 0 Å². The topological polar surface area (TPSA) is 74.2 Å². The van der Waals surface area contributed by atoms with Crippen LogP contribution >= 0.6 is 0 Å². The lowest BCUT2D eigenvalue weighted by atomic mass is 9.82. The summed E-state index contributed by atoms with van der Waals surface area (Å²) in [5.41, 5.74) is 5.73. The Bertz CT molecular complexity index is 407. The lowest BCUT2D eigenvalue weighted by molar-refractivity contribution is 0.0153. The van der Waals surface area contributed by atoms with E-state index >= 15 is 0 Å². The maximum atomic E-state index is 5.73. The minimum Gasteiger partial charge on any atom is -0.378 e. The molecule has 5 nitrogen and oxygen atoms in total. The standard InChI is InChI=1S/C15H25N3O2/c16-10-11-4-6-12(7-5-11)15-17-14(18-20-15)9-13-3-1-2-8-19-13/h11-13H,1-10,16H2. The van der Waals surface area contributed by atoms with Gasteiger partial charge in [0.15, 0.2) is 5.82 Å². The molecule has 5 heteroatoms. The summed E-state index contributed by atoms with van der Waals surface area (Å²) < 4.78 is 11.2. The molecule has 0 radical (unpaired) electrons. The predicted octanol–water partition coefficient (Wildman–Crippen LogP) is 2.41. The van der Waals surface area contributed by atoms with Gasteiger partial charge in [0.1, 0.15) is 0 Å². The molecule has 0 amide bonds. The van der Waals surface area contributed by atoms with Gasteiger partial charge in [0.25, 0.3) is 0 Å². The Labute approximate surface area is 120 Å². The van der Waals surface area contributed by atoms with Crippen molar-refractivity contribution < 1.29 is 9.26 Å². The van der Waals surface area contributed by atoms with E-state index in [1.165, 1.54) is 25.7 Å². The van der Waals surface area contributed by atoms with Crippen LogP contribution in [-0.2, 0) is 11.2 Å². The summed E-state index contributed by atoms with van der Waals surface area (Å²) in [5, 5.41) is 4.13. The molecule has 0 bridgehead atoms. The number of hydrogen-bond donors (Lipinski definition) is 1.